The van der Waals surface area contributed by atoms with E-state index in [0.717, 1.165) is 18.4 Å². The van der Waals surface area contributed by atoms with Gasteiger partial charge in [-0.05, 0) is 31.4 Å². The highest BCUT2D eigenvalue weighted by Crippen LogP contribution is 2.16. The largest absolute Gasteiger partial charge is 0.317 e. The average Bonchev–Trinajstić information content (AvgIpc) is 2.38. The molecule has 4 nitrogen and oxygen atoms in total. The van der Waals surface area contributed by atoms with Gasteiger partial charge in [0.05, 0.1) is 4.92 Å². The van der Waals surface area contributed by atoms with Crippen LogP contribution in [0.25, 0.3) is 0 Å². The fraction of sp³-hybridized carbons (Fsp3) is 0.571. The maximum absolute atomic E-state index is 10.6. The minimum Gasteiger partial charge on any atom is -0.317 e. The molecular formula is C14H22N2O2. The lowest BCUT2D eigenvalue weighted by Gasteiger charge is -2.19. The first kappa shape index (κ1) is 14.6. The van der Waals surface area contributed by atoms with Crippen LogP contribution in [0, 0.1) is 16.0 Å². The Labute approximate surface area is 109 Å². The summed E-state index contributed by atoms with van der Waals surface area (Å²) in [5.74, 6) is 0.695. The summed E-state index contributed by atoms with van der Waals surface area (Å²) >= 11 is 0. The molecule has 0 amide bonds. The van der Waals surface area contributed by atoms with Gasteiger partial charge < -0.3 is 5.32 Å². The second kappa shape index (κ2) is 7.11. The molecule has 100 valence electrons. The third kappa shape index (κ3) is 4.45. The third-order valence-corrected chi connectivity index (χ3v) is 3.42. The van der Waals surface area contributed by atoms with Gasteiger partial charge in [-0.25, -0.2) is 0 Å². The zero-order valence-corrected chi connectivity index (χ0v) is 11.3. The van der Waals surface area contributed by atoms with Gasteiger partial charge >= 0.3 is 0 Å². The highest BCUT2D eigenvalue weighted by atomic mass is 16.6. The molecule has 0 aromatic heterocycles. The number of hydrogen-bond acceptors (Lipinski definition) is 3. The van der Waals surface area contributed by atoms with Crippen LogP contribution in [0.15, 0.2) is 24.3 Å². The van der Waals surface area contributed by atoms with E-state index in [1.165, 1.54) is 6.42 Å². The van der Waals surface area contributed by atoms with E-state index in [1.807, 2.05) is 19.2 Å². The van der Waals surface area contributed by atoms with E-state index in [2.05, 4.69) is 19.2 Å². The smallest absolute Gasteiger partial charge is 0.269 e. The number of likely N-dealkylation sites (N-methyl/N-ethyl adjacent to an activating group) is 1. The summed E-state index contributed by atoms with van der Waals surface area (Å²) in [5, 5.41) is 13.9. The predicted octanol–water partition coefficient (Wildman–Crippen LogP) is 3.16. The Balaban J connectivity index is 2.61. The van der Waals surface area contributed by atoms with Crippen LogP contribution >= 0.6 is 0 Å². The first-order valence-corrected chi connectivity index (χ1v) is 6.47. The Kier molecular flexibility index (Phi) is 5.78. The van der Waals surface area contributed by atoms with Crippen LogP contribution < -0.4 is 5.32 Å². The van der Waals surface area contributed by atoms with E-state index in [4.69, 9.17) is 0 Å². The Morgan fingerprint density at radius 1 is 1.33 bits per heavy atom. The van der Waals surface area contributed by atoms with Crippen molar-refractivity contribution < 1.29 is 4.92 Å². The summed E-state index contributed by atoms with van der Waals surface area (Å²) in [6.45, 7) is 4.45. The quantitative estimate of drug-likeness (QED) is 0.597. The van der Waals surface area contributed by atoms with Crippen molar-refractivity contribution in [3.05, 3.63) is 39.9 Å². The predicted molar refractivity (Wildman–Crippen MR) is 73.7 cm³/mol. The van der Waals surface area contributed by atoms with Crippen molar-refractivity contribution in [3.63, 3.8) is 0 Å². The molecule has 0 aliphatic rings. The molecule has 1 aromatic rings. The molecule has 0 aliphatic carbocycles. The van der Waals surface area contributed by atoms with Crippen LogP contribution in [0.4, 0.5) is 5.69 Å². The third-order valence-electron chi connectivity index (χ3n) is 3.42. The van der Waals surface area contributed by atoms with E-state index in [1.54, 1.807) is 12.1 Å². The summed E-state index contributed by atoms with van der Waals surface area (Å²) in [7, 11) is 1.97. The van der Waals surface area contributed by atoms with Crippen molar-refractivity contribution in [2.24, 2.45) is 5.92 Å². The number of nitrogens with zero attached hydrogens (tertiary/aromatic N) is 1. The second-order valence-corrected chi connectivity index (χ2v) is 4.86. The van der Waals surface area contributed by atoms with Gasteiger partial charge in [-0.3, -0.25) is 10.1 Å². The van der Waals surface area contributed by atoms with Crippen LogP contribution in [-0.2, 0) is 6.42 Å². The van der Waals surface area contributed by atoms with Crippen LogP contribution in [0.5, 0.6) is 0 Å². The minimum atomic E-state index is -0.363. The molecule has 1 N–H and O–H groups in total. The number of hydrogen-bond donors (Lipinski definition) is 1. The Bertz CT molecular complexity index is 376. The summed E-state index contributed by atoms with van der Waals surface area (Å²) < 4.78 is 0. The van der Waals surface area contributed by atoms with E-state index in [-0.39, 0.29) is 10.6 Å². The first-order chi connectivity index (χ1) is 8.56. The highest BCUT2D eigenvalue weighted by molar-refractivity contribution is 5.33. The number of non-ortho nitro benzene ring substituents is 1. The molecule has 0 aliphatic heterocycles. The van der Waals surface area contributed by atoms with Crippen LogP contribution in [0.1, 0.15) is 32.3 Å². The van der Waals surface area contributed by atoms with Crippen LogP contribution in [0.3, 0.4) is 0 Å². The van der Waals surface area contributed by atoms with Gasteiger partial charge in [0.15, 0.2) is 0 Å². The molecule has 0 heterocycles. The zero-order valence-electron chi connectivity index (χ0n) is 11.3. The van der Waals surface area contributed by atoms with E-state index < -0.39 is 0 Å². The molecule has 0 bridgehead atoms. The van der Waals surface area contributed by atoms with Gasteiger partial charge in [-0.2, -0.15) is 0 Å². The number of rotatable bonds is 7. The molecule has 0 radical (unpaired) electrons. The molecule has 0 fully saturated rings. The summed E-state index contributed by atoms with van der Waals surface area (Å²) in [6, 6.07) is 7.27. The fourth-order valence-electron chi connectivity index (χ4n) is 1.99. The number of nitro groups is 1. The van der Waals surface area contributed by atoms with E-state index >= 15 is 0 Å². The molecule has 4 heteroatoms. The lowest BCUT2D eigenvalue weighted by Crippen LogP contribution is -2.29. The Hall–Kier alpha value is -1.42. The molecule has 2 atom stereocenters. The van der Waals surface area contributed by atoms with Crippen molar-refractivity contribution in [1.82, 2.24) is 5.32 Å². The monoisotopic (exact) mass is 250 g/mol. The second-order valence-electron chi connectivity index (χ2n) is 4.86. The Morgan fingerprint density at radius 2 is 1.94 bits per heavy atom. The lowest BCUT2D eigenvalue weighted by atomic mass is 9.95. The van der Waals surface area contributed by atoms with Gasteiger partial charge in [0.25, 0.3) is 5.69 Å². The number of benzene rings is 1. The molecule has 0 saturated heterocycles. The maximum Gasteiger partial charge on any atom is 0.269 e. The average molecular weight is 250 g/mol. The molecular weight excluding hydrogens is 228 g/mol. The van der Waals surface area contributed by atoms with Crippen molar-refractivity contribution in [1.29, 1.82) is 0 Å². The fourth-order valence-corrected chi connectivity index (χ4v) is 1.99. The molecule has 0 spiro atoms. The molecule has 2 unspecified atom stereocenters. The summed E-state index contributed by atoms with van der Waals surface area (Å²) in [5.41, 5.74) is 1.30. The van der Waals surface area contributed by atoms with Crippen LogP contribution in [-0.4, -0.2) is 18.0 Å². The van der Waals surface area contributed by atoms with Gasteiger partial charge in [-0.15, -0.1) is 0 Å². The molecule has 1 rings (SSSR count). The molecule has 18 heavy (non-hydrogen) atoms. The van der Waals surface area contributed by atoms with E-state index in [9.17, 15) is 10.1 Å². The minimum absolute atomic E-state index is 0.154. The first-order valence-electron chi connectivity index (χ1n) is 6.47. The zero-order chi connectivity index (χ0) is 13.5. The highest BCUT2D eigenvalue weighted by Gasteiger charge is 2.12. The van der Waals surface area contributed by atoms with Gasteiger partial charge in [0.1, 0.15) is 0 Å². The standard InChI is InChI=1S/C14H22N2O2/c1-4-11(2)9-13(15-3)10-12-5-7-14(8-6-12)16(17)18/h5-8,11,13,15H,4,9-10H2,1-3H3. The van der Waals surface area contributed by atoms with Crippen molar-refractivity contribution in [3.8, 4) is 0 Å². The topological polar surface area (TPSA) is 55.2 Å². The van der Waals surface area contributed by atoms with Crippen molar-refractivity contribution >= 4 is 5.69 Å². The van der Waals surface area contributed by atoms with Crippen LogP contribution in [0.2, 0.25) is 0 Å². The van der Waals surface area contributed by atoms with Crippen molar-refractivity contribution in [2.75, 3.05) is 7.05 Å². The molecule has 1 aromatic carbocycles. The lowest BCUT2D eigenvalue weighted by molar-refractivity contribution is -0.384. The summed E-state index contributed by atoms with van der Waals surface area (Å²) in [6.07, 6.45) is 3.22. The van der Waals surface area contributed by atoms with Gasteiger partial charge in [-0.1, -0.05) is 32.4 Å². The Morgan fingerprint density at radius 3 is 2.39 bits per heavy atom. The normalized spacial score (nSPS) is 14.2. The van der Waals surface area contributed by atoms with Crippen molar-refractivity contribution in [2.45, 2.75) is 39.2 Å². The molecule has 0 saturated carbocycles. The summed E-state index contributed by atoms with van der Waals surface area (Å²) in [4.78, 5) is 10.2. The maximum atomic E-state index is 10.6. The SMILES string of the molecule is CCC(C)CC(Cc1ccc([N+](=O)[O-])cc1)NC. The number of nitrogens with one attached hydrogen (secondary N) is 1. The number of nitro benzene ring substituents is 1. The van der Waals surface area contributed by atoms with Gasteiger partial charge in [0, 0.05) is 18.2 Å². The van der Waals surface area contributed by atoms with E-state index in [0.29, 0.717) is 12.0 Å². The van der Waals surface area contributed by atoms with Gasteiger partial charge in [0.2, 0.25) is 0 Å².